The Morgan fingerprint density at radius 1 is 0.465 bits per heavy atom. The zero-order valence-electron chi connectivity index (χ0n) is 22.9. The van der Waals surface area contributed by atoms with Crippen molar-refractivity contribution in [3.63, 3.8) is 0 Å². The number of H-pyrrole nitrogens is 1. The summed E-state index contributed by atoms with van der Waals surface area (Å²) in [6.07, 6.45) is 0. The maximum absolute atomic E-state index is 5.29. The Morgan fingerprint density at radius 2 is 1.00 bits per heavy atom. The summed E-state index contributed by atoms with van der Waals surface area (Å²) in [5, 5.41) is 5.20. The van der Waals surface area contributed by atoms with Crippen LogP contribution in [0, 0.1) is 0 Å². The van der Waals surface area contributed by atoms with E-state index in [-0.39, 0.29) is 0 Å². The summed E-state index contributed by atoms with van der Waals surface area (Å²) in [4.78, 5) is 16.8. The lowest BCUT2D eigenvalue weighted by Crippen LogP contribution is -2.00. The number of hydrogen-bond donors (Lipinski definition) is 1. The minimum absolute atomic E-state index is 0.721. The summed E-state index contributed by atoms with van der Waals surface area (Å²) in [6.45, 7) is 0. The van der Waals surface area contributed by atoms with Crippen molar-refractivity contribution in [2.24, 2.45) is 0 Å². The predicted octanol–water partition coefficient (Wildman–Crippen LogP) is 11.2. The molecule has 0 saturated carbocycles. The molecular formula is C38H23N3S2. The van der Waals surface area contributed by atoms with Crippen LogP contribution in [0.15, 0.2) is 133 Å². The number of aromatic nitrogens is 3. The lowest BCUT2D eigenvalue weighted by Gasteiger charge is -2.17. The first-order valence-corrected chi connectivity index (χ1v) is 15.9. The number of hydrogen-bond acceptors (Lipinski definition) is 4. The molecule has 43 heavy (non-hydrogen) atoms. The highest BCUT2D eigenvalue weighted by Crippen LogP contribution is 2.49. The van der Waals surface area contributed by atoms with Crippen molar-refractivity contribution in [1.82, 2.24) is 15.0 Å². The SMILES string of the molecule is c1ccc(-c2nc(-c3ccccc3)c(-c3cccc4c3sc3[nH]c5sc6ccccc6c5c34)c(-c3ccccc3)n2)cc1. The minimum Gasteiger partial charge on any atom is -0.338 e. The van der Waals surface area contributed by atoms with Gasteiger partial charge in [0.2, 0.25) is 0 Å². The molecule has 5 heteroatoms. The van der Waals surface area contributed by atoms with Gasteiger partial charge in [0.1, 0.15) is 9.66 Å². The van der Waals surface area contributed by atoms with Gasteiger partial charge in [0.15, 0.2) is 5.82 Å². The molecule has 0 saturated heterocycles. The monoisotopic (exact) mass is 585 g/mol. The Hall–Kier alpha value is -5.10. The molecular weight excluding hydrogens is 563 g/mol. The molecule has 0 spiro atoms. The van der Waals surface area contributed by atoms with Crippen LogP contribution in [0.4, 0.5) is 0 Å². The maximum atomic E-state index is 5.29. The summed E-state index contributed by atoms with van der Waals surface area (Å²) in [5.74, 6) is 0.721. The predicted molar refractivity (Wildman–Crippen MR) is 184 cm³/mol. The van der Waals surface area contributed by atoms with Gasteiger partial charge in [0.25, 0.3) is 0 Å². The summed E-state index contributed by atoms with van der Waals surface area (Å²) in [5.41, 5.74) is 7.21. The molecule has 4 aromatic heterocycles. The molecule has 9 aromatic rings. The molecule has 0 atom stereocenters. The van der Waals surface area contributed by atoms with Crippen LogP contribution >= 0.6 is 22.7 Å². The van der Waals surface area contributed by atoms with Gasteiger partial charge in [-0.15, -0.1) is 22.7 Å². The molecule has 1 N–H and O–H groups in total. The van der Waals surface area contributed by atoms with Crippen molar-refractivity contribution in [3.05, 3.63) is 133 Å². The molecule has 9 rings (SSSR count). The first-order valence-electron chi connectivity index (χ1n) is 14.3. The van der Waals surface area contributed by atoms with E-state index in [1.807, 2.05) is 40.9 Å². The van der Waals surface area contributed by atoms with E-state index in [9.17, 15) is 0 Å². The van der Waals surface area contributed by atoms with Gasteiger partial charge in [-0.25, -0.2) is 9.97 Å². The second-order valence-corrected chi connectivity index (χ2v) is 12.7. The molecule has 0 unspecified atom stereocenters. The molecule has 0 aliphatic carbocycles. The Bertz CT molecular complexity index is 2380. The molecule has 5 aromatic carbocycles. The third kappa shape index (κ3) is 3.86. The van der Waals surface area contributed by atoms with Crippen molar-refractivity contribution >= 4 is 63.3 Å². The largest absolute Gasteiger partial charge is 0.338 e. The number of nitrogens with zero attached hydrogens (tertiary/aromatic N) is 2. The average Bonchev–Trinajstić information content (AvgIpc) is 3.73. The third-order valence-corrected chi connectivity index (χ3v) is 10.3. The van der Waals surface area contributed by atoms with Gasteiger partial charge in [-0.05, 0) is 6.07 Å². The Balaban J connectivity index is 1.41. The van der Waals surface area contributed by atoms with E-state index in [0.29, 0.717) is 0 Å². The summed E-state index contributed by atoms with van der Waals surface area (Å²) >= 11 is 3.66. The number of benzene rings is 5. The van der Waals surface area contributed by atoms with Gasteiger partial charge in [-0.2, -0.15) is 0 Å². The second kappa shape index (κ2) is 9.73. The smallest absolute Gasteiger partial charge is 0.160 e. The lowest BCUT2D eigenvalue weighted by molar-refractivity contribution is 1.19. The van der Waals surface area contributed by atoms with E-state index >= 15 is 0 Å². The first kappa shape index (κ1) is 24.5. The number of rotatable bonds is 4. The molecule has 0 aliphatic heterocycles. The fourth-order valence-electron chi connectivity index (χ4n) is 6.18. The van der Waals surface area contributed by atoms with Crippen LogP contribution < -0.4 is 0 Å². The molecule has 3 nitrogen and oxygen atoms in total. The van der Waals surface area contributed by atoms with Gasteiger partial charge in [0.05, 0.1) is 11.4 Å². The van der Waals surface area contributed by atoms with Crippen LogP contribution in [0.25, 0.3) is 85.6 Å². The number of thiophene rings is 2. The normalized spacial score (nSPS) is 11.7. The highest BCUT2D eigenvalue weighted by atomic mass is 32.1. The van der Waals surface area contributed by atoms with E-state index in [1.54, 1.807) is 0 Å². The molecule has 0 fully saturated rings. The molecule has 0 aliphatic rings. The van der Waals surface area contributed by atoms with Gasteiger partial charge < -0.3 is 4.98 Å². The maximum Gasteiger partial charge on any atom is 0.160 e. The van der Waals surface area contributed by atoms with Crippen LogP contribution in [-0.2, 0) is 0 Å². The fraction of sp³-hybridized carbons (Fsp3) is 0. The van der Waals surface area contributed by atoms with Crippen molar-refractivity contribution in [2.75, 3.05) is 0 Å². The quantitative estimate of drug-likeness (QED) is 0.223. The van der Waals surface area contributed by atoms with E-state index in [1.165, 1.54) is 40.6 Å². The summed E-state index contributed by atoms with van der Waals surface area (Å²) < 4.78 is 2.55. The van der Waals surface area contributed by atoms with Crippen LogP contribution in [-0.4, -0.2) is 15.0 Å². The van der Waals surface area contributed by atoms with Crippen molar-refractivity contribution < 1.29 is 0 Å². The third-order valence-electron chi connectivity index (χ3n) is 8.09. The van der Waals surface area contributed by atoms with Crippen LogP contribution in [0.1, 0.15) is 0 Å². The molecule has 0 bridgehead atoms. The molecule has 0 amide bonds. The van der Waals surface area contributed by atoms with E-state index in [0.717, 1.165) is 45.0 Å². The average molecular weight is 586 g/mol. The zero-order valence-corrected chi connectivity index (χ0v) is 24.5. The van der Waals surface area contributed by atoms with Gasteiger partial charge >= 0.3 is 0 Å². The van der Waals surface area contributed by atoms with Crippen molar-refractivity contribution in [2.45, 2.75) is 0 Å². The molecule has 202 valence electrons. The first-order chi connectivity index (χ1) is 21.3. The highest BCUT2D eigenvalue weighted by Gasteiger charge is 2.24. The summed E-state index contributed by atoms with van der Waals surface area (Å²) in [6, 6.07) is 46.7. The van der Waals surface area contributed by atoms with Crippen molar-refractivity contribution in [3.8, 4) is 45.0 Å². The lowest BCUT2D eigenvalue weighted by atomic mass is 9.93. The Kier molecular flexibility index (Phi) is 5.54. The number of fused-ring (bicyclic) bond motifs is 7. The Morgan fingerprint density at radius 3 is 1.67 bits per heavy atom. The van der Waals surface area contributed by atoms with Crippen LogP contribution in [0.5, 0.6) is 0 Å². The number of nitrogens with one attached hydrogen (secondary N) is 1. The van der Waals surface area contributed by atoms with Gasteiger partial charge in [0, 0.05) is 58.8 Å². The highest BCUT2D eigenvalue weighted by molar-refractivity contribution is 7.28. The van der Waals surface area contributed by atoms with E-state index in [2.05, 4.69) is 120 Å². The van der Waals surface area contributed by atoms with Gasteiger partial charge in [-0.3, -0.25) is 0 Å². The van der Waals surface area contributed by atoms with E-state index < -0.39 is 0 Å². The van der Waals surface area contributed by atoms with Gasteiger partial charge in [-0.1, -0.05) is 127 Å². The zero-order chi connectivity index (χ0) is 28.3. The fourth-order valence-corrected chi connectivity index (χ4v) is 8.59. The Labute approximate surface area is 255 Å². The van der Waals surface area contributed by atoms with Crippen LogP contribution in [0.2, 0.25) is 0 Å². The van der Waals surface area contributed by atoms with Crippen LogP contribution in [0.3, 0.4) is 0 Å². The standard InChI is InChI=1S/C38H23N3S2/c1-4-13-23(14-5-1)33-32(34(24-15-6-2-7-16-24)40-36(39-33)25-17-8-3-9-18-25)28-21-12-20-27-31-30-26-19-10-11-22-29(26)42-37(30)41-38(31)43-35(27)28/h1-22,41H. The number of aromatic amines is 1. The minimum atomic E-state index is 0.721. The molecule has 4 heterocycles. The van der Waals surface area contributed by atoms with E-state index in [4.69, 9.17) is 9.97 Å². The second-order valence-electron chi connectivity index (χ2n) is 10.6. The summed E-state index contributed by atoms with van der Waals surface area (Å²) in [7, 11) is 0. The topological polar surface area (TPSA) is 41.6 Å². The molecule has 0 radical (unpaired) electrons. The van der Waals surface area contributed by atoms with Crippen molar-refractivity contribution in [1.29, 1.82) is 0 Å².